The van der Waals surface area contributed by atoms with E-state index in [4.69, 9.17) is 5.10 Å². The van der Waals surface area contributed by atoms with Gasteiger partial charge in [0.05, 0.1) is 5.71 Å². The Bertz CT molecular complexity index is 403. The molecule has 2 aliphatic rings. The normalized spacial score (nSPS) is 37.6. The third-order valence-corrected chi connectivity index (χ3v) is 5.33. The highest BCUT2D eigenvalue weighted by molar-refractivity contribution is 5.98. The highest BCUT2D eigenvalue weighted by Gasteiger charge is 2.57. The maximum Gasteiger partial charge on any atom is 0.0523 e. The fraction of sp³-hybridized carbons (Fsp3) is 0.875. The maximum atomic E-state index is 4.70. The summed E-state index contributed by atoms with van der Waals surface area (Å²) in [7, 11) is 0. The van der Waals surface area contributed by atoms with Crippen molar-refractivity contribution in [2.75, 3.05) is 0 Å². The smallest absolute Gasteiger partial charge is 0.0523 e. The summed E-state index contributed by atoms with van der Waals surface area (Å²) >= 11 is 0. The molecule has 2 nitrogen and oxygen atoms in total. The molecule has 2 bridgehead atoms. The van der Waals surface area contributed by atoms with Crippen molar-refractivity contribution in [3.05, 3.63) is 0 Å². The topological polar surface area (TPSA) is 24.7 Å². The van der Waals surface area contributed by atoms with Crippen molar-refractivity contribution in [3.63, 3.8) is 0 Å². The van der Waals surface area contributed by atoms with Gasteiger partial charge in [-0.3, -0.25) is 0 Å². The van der Waals surface area contributed by atoms with Crippen LogP contribution < -0.4 is 0 Å². The van der Waals surface area contributed by atoms with Gasteiger partial charge in [0.15, 0.2) is 0 Å². The second-order valence-corrected chi connectivity index (χ2v) is 8.11. The zero-order valence-corrected chi connectivity index (χ0v) is 13.1. The van der Waals surface area contributed by atoms with Gasteiger partial charge in [0.2, 0.25) is 0 Å². The van der Waals surface area contributed by atoms with Crippen LogP contribution >= 0.6 is 0 Å². The minimum absolute atomic E-state index is 0.118. The van der Waals surface area contributed by atoms with Gasteiger partial charge >= 0.3 is 0 Å². The summed E-state index contributed by atoms with van der Waals surface area (Å²) in [6.45, 7) is 15.7. The van der Waals surface area contributed by atoms with Gasteiger partial charge in [0.1, 0.15) is 0 Å². The predicted molar refractivity (Wildman–Crippen MR) is 79.2 cm³/mol. The zero-order valence-electron chi connectivity index (χ0n) is 13.1. The van der Waals surface area contributed by atoms with Crippen molar-refractivity contribution >= 4 is 11.4 Å². The lowest BCUT2D eigenvalue weighted by molar-refractivity contribution is 0.332. The van der Waals surface area contributed by atoms with Crippen molar-refractivity contribution in [2.45, 2.75) is 67.7 Å². The Morgan fingerprint density at radius 2 is 1.83 bits per heavy atom. The number of nitrogens with zero attached hydrogens (tertiary/aromatic N) is 2. The van der Waals surface area contributed by atoms with Crippen LogP contribution in [0.2, 0.25) is 0 Å². The van der Waals surface area contributed by atoms with Crippen LogP contribution in [-0.4, -0.2) is 11.4 Å². The molecule has 102 valence electrons. The number of fused-ring (bicyclic) bond motifs is 2. The molecule has 0 unspecified atom stereocenters. The SMILES string of the molecule is C/C(=N\N=C1/C(C)(C)[C@H]2CC[C@]1(C)C2)C(C)(C)C. The molecule has 2 rings (SSSR count). The Balaban J connectivity index is 2.33. The molecule has 0 heterocycles. The number of rotatable bonds is 1. The van der Waals surface area contributed by atoms with Gasteiger partial charge in [0, 0.05) is 22.0 Å². The van der Waals surface area contributed by atoms with Crippen LogP contribution in [0.25, 0.3) is 0 Å². The Morgan fingerprint density at radius 1 is 1.22 bits per heavy atom. The molecule has 0 radical (unpaired) electrons. The van der Waals surface area contributed by atoms with Crippen LogP contribution in [0.3, 0.4) is 0 Å². The van der Waals surface area contributed by atoms with E-state index >= 15 is 0 Å². The molecule has 2 heteroatoms. The standard InChI is InChI=1S/C16H28N2/c1-11(14(2,3)4)17-18-13-15(5,6)12-8-9-16(13,7)10-12/h12H,8-10H2,1-7H3/b17-11+,18-13+/t12-,16+/m0/s1. The van der Waals surface area contributed by atoms with E-state index in [0.29, 0.717) is 5.41 Å². The van der Waals surface area contributed by atoms with Crippen LogP contribution in [0.1, 0.15) is 67.7 Å². The minimum atomic E-state index is 0.118. The Hall–Kier alpha value is -0.660. The third-order valence-electron chi connectivity index (χ3n) is 5.33. The minimum Gasteiger partial charge on any atom is -0.160 e. The van der Waals surface area contributed by atoms with Gasteiger partial charge in [-0.1, -0.05) is 41.5 Å². The van der Waals surface area contributed by atoms with E-state index in [2.05, 4.69) is 53.6 Å². The summed E-state index contributed by atoms with van der Waals surface area (Å²) in [5, 5.41) is 9.24. The summed E-state index contributed by atoms with van der Waals surface area (Å²) in [5.74, 6) is 0.811. The molecule has 2 atom stereocenters. The van der Waals surface area contributed by atoms with Crippen LogP contribution in [-0.2, 0) is 0 Å². The van der Waals surface area contributed by atoms with Crippen molar-refractivity contribution in [3.8, 4) is 0 Å². The Kier molecular flexibility index (Phi) is 2.99. The second kappa shape index (κ2) is 3.91. The largest absolute Gasteiger partial charge is 0.160 e. The molecule has 18 heavy (non-hydrogen) atoms. The van der Waals surface area contributed by atoms with Gasteiger partial charge in [0.25, 0.3) is 0 Å². The van der Waals surface area contributed by atoms with Gasteiger partial charge in [-0.25, -0.2) is 0 Å². The van der Waals surface area contributed by atoms with Crippen LogP contribution in [0.4, 0.5) is 0 Å². The lowest BCUT2D eigenvalue weighted by Crippen LogP contribution is -2.35. The first-order valence-corrected chi connectivity index (χ1v) is 7.21. The van der Waals surface area contributed by atoms with Gasteiger partial charge in [-0.15, -0.1) is 0 Å². The first kappa shape index (κ1) is 13.8. The molecule has 0 spiro atoms. The van der Waals surface area contributed by atoms with Crippen LogP contribution in [0.15, 0.2) is 10.2 Å². The van der Waals surface area contributed by atoms with Gasteiger partial charge in [-0.05, 0) is 32.1 Å². The molecule has 2 aliphatic carbocycles. The van der Waals surface area contributed by atoms with Crippen molar-refractivity contribution in [1.82, 2.24) is 0 Å². The third kappa shape index (κ3) is 2.04. The molecular formula is C16H28N2. The second-order valence-electron chi connectivity index (χ2n) is 8.11. The molecule has 0 saturated heterocycles. The fourth-order valence-electron chi connectivity index (χ4n) is 3.57. The molecule has 0 aromatic carbocycles. The highest BCUT2D eigenvalue weighted by Crippen LogP contribution is 2.60. The molecular weight excluding hydrogens is 220 g/mol. The number of hydrogen-bond donors (Lipinski definition) is 0. The lowest BCUT2D eigenvalue weighted by Gasteiger charge is -2.34. The summed E-state index contributed by atoms with van der Waals surface area (Å²) in [4.78, 5) is 0. The lowest BCUT2D eigenvalue weighted by atomic mass is 9.71. The zero-order chi connectivity index (χ0) is 13.8. The fourth-order valence-corrected chi connectivity index (χ4v) is 3.57. The Labute approximate surface area is 112 Å². The first-order chi connectivity index (χ1) is 8.07. The summed E-state index contributed by atoms with van der Waals surface area (Å²) < 4.78 is 0. The van der Waals surface area contributed by atoms with Gasteiger partial charge in [-0.2, -0.15) is 10.2 Å². The van der Waals surface area contributed by atoms with E-state index in [9.17, 15) is 0 Å². The van der Waals surface area contributed by atoms with Crippen molar-refractivity contribution in [2.24, 2.45) is 32.4 Å². The molecule has 2 fully saturated rings. The summed E-state index contributed by atoms with van der Waals surface area (Å²) in [6.07, 6.45) is 3.97. The van der Waals surface area contributed by atoms with E-state index < -0.39 is 0 Å². The maximum absolute atomic E-state index is 4.70. The molecule has 2 saturated carbocycles. The summed E-state index contributed by atoms with van der Waals surface area (Å²) in [5.41, 5.74) is 3.14. The van der Waals surface area contributed by atoms with E-state index in [-0.39, 0.29) is 10.8 Å². The van der Waals surface area contributed by atoms with Crippen LogP contribution in [0.5, 0.6) is 0 Å². The van der Waals surface area contributed by atoms with Crippen molar-refractivity contribution < 1.29 is 0 Å². The molecule has 0 aliphatic heterocycles. The number of hydrogen-bond acceptors (Lipinski definition) is 2. The average Bonchev–Trinajstić information content (AvgIpc) is 2.66. The average molecular weight is 248 g/mol. The van der Waals surface area contributed by atoms with E-state index in [1.165, 1.54) is 25.0 Å². The quantitative estimate of drug-likeness (QED) is 0.475. The molecule has 0 aromatic rings. The van der Waals surface area contributed by atoms with Crippen LogP contribution in [0, 0.1) is 22.2 Å². The van der Waals surface area contributed by atoms with E-state index in [1.54, 1.807) is 0 Å². The molecule has 0 aromatic heterocycles. The predicted octanol–water partition coefficient (Wildman–Crippen LogP) is 4.70. The van der Waals surface area contributed by atoms with E-state index in [0.717, 1.165) is 11.6 Å². The first-order valence-electron chi connectivity index (χ1n) is 7.21. The van der Waals surface area contributed by atoms with Gasteiger partial charge < -0.3 is 0 Å². The summed E-state index contributed by atoms with van der Waals surface area (Å²) in [6, 6.07) is 0. The Morgan fingerprint density at radius 3 is 2.28 bits per heavy atom. The van der Waals surface area contributed by atoms with Crippen molar-refractivity contribution in [1.29, 1.82) is 0 Å². The van der Waals surface area contributed by atoms with E-state index in [1.807, 2.05) is 0 Å². The monoisotopic (exact) mass is 248 g/mol. The molecule has 0 N–H and O–H groups in total. The highest BCUT2D eigenvalue weighted by atomic mass is 15.2. The molecule has 0 amide bonds.